The van der Waals surface area contributed by atoms with E-state index < -0.39 is 11.1 Å². The number of nitrogens with zero attached hydrogens (tertiary/aromatic N) is 1. The van der Waals surface area contributed by atoms with Crippen molar-refractivity contribution in [2.45, 2.75) is 51.6 Å². The van der Waals surface area contributed by atoms with E-state index >= 15 is 0 Å². The Morgan fingerprint density at radius 2 is 1.71 bits per heavy atom. The van der Waals surface area contributed by atoms with Crippen LogP contribution in [0.3, 0.4) is 0 Å². The van der Waals surface area contributed by atoms with E-state index in [1.165, 1.54) is 0 Å². The molecule has 1 unspecified atom stereocenters. The van der Waals surface area contributed by atoms with Crippen LogP contribution in [0.2, 0.25) is 0 Å². The number of carbonyl (C=O) groups excluding carboxylic acids is 2. The summed E-state index contributed by atoms with van der Waals surface area (Å²) in [4.78, 5) is 27.3. The minimum atomic E-state index is -0.941. The molecule has 4 heteroatoms. The van der Waals surface area contributed by atoms with Crippen LogP contribution in [-0.2, 0) is 15.1 Å². The molecule has 1 aliphatic rings. The van der Waals surface area contributed by atoms with Crippen molar-refractivity contribution in [1.29, 1.82) is 0 Å². The monoisotopic (exact) mass is 288 g/mol. The summed E-state index contributed by atoms with van der Waals surface area (Å²) < 4.78 is 0. The van der Waals surface area contributed by atoms with Gasteiger partial charge >= 0.3 is 0 Å². The quantitative estimate of drug-likeness (QED) is 0.925. The van der Waals surface area contributed by atoms with E-state index in [0.29, 0.717) is 6.54 Å². The highest BCUT2D eigenvalue weighted by atomic mass is 16.2. The molecule has 0 saturated carbocycles. The first kappa shape index (κ1) is 15.5. The van der Waals surface area contributed by atoms with Gasteiger partial charge in [0.05, 0.1) is 0 Å². The number of nitrogens with one attached hydrogen (secondary N) is 1. The van der Waals surface area contributed by atoms with Gasteiger partial charge in [-0.2, -0.15) is 0 Å². The van der Waals surface area contributed by atoms with Crippen molar-refractivity contribution in [3.63, 3.8) is 0 Å². The molecule has 0 aliphatic carbocycles. The molecule has 1 heterocycles. The van der Waals surface area contributed by atoms with Crippen LogP contribution in [-0.4, -0.2) is 28.8 Å². The molecular weight excluding hydrogens is 264 g/mol. The van der Waals surface area contributed by atoms with Crippen LogP contribution in [0.1, 0.15) is 46.1 Å². The fourth-order valence-electron chi connectivity index (χ4n) is 2.81. The number of unbranched alkanes of at least 4 members (excludes halogenated alkanes) is 1. The number of amides is 2. The fourth-order valence-corrected chi connectivity index (χ4v) is 2.81. The molecule has 1 aromatic carbocycles. The van der Waals surface area contributed by atoms with Crippen LogP contribution in [0, 0.1) is 0 Å². The van der Waals surface area contributed by atoms with E-state index in [1.54, 1.807) is 18.7 Å². The van der Waals surface area contributed by atoms with Crippen molar-refractivity contribution in [3.8, 4) is 0 Å². The Morgan fingerprint density at radius 3 is 2.29 bits per heavy atom. The average Bonchev–Trinajstić information content (AvgIpc) is 2.46. The Labute approximate surface area is 126 Å². The van der Waals surface area contributed by atoms with Gasteiger partial charge < -0.3 is 10.2 Å². The average molecular weight is 288 g/mol. The fraction of sp³-hybridized carbons (Fsp3) is 0.529. The predicted octanol–water partition coefficient (Wildman–Crippen LogP) is 2.44. The largest absolute Gasteiger partial charge is 0.340 e. The molecule has 0 aromatic heterocycles. The predicted molar refractivity (Wildman–Crippen MR) is 82.6 cm³/mol. The standard InChI is InChI=1S/C17H24N2O2/c1-5-6-12-19-15(21)16(2,3)18-14(20)17(19,4)13-10-8-7-9-11-13/h7-11H,5-6,12H2,1-4H3,(H,18,20). The molecule has 1 saturated heterocycles. The second kappa shape index (κ2) is 5.51. The normalized spacial score (nSPS) is 24.9. The molecule has 2 amide bonds. The lowest BCUT2D eigenvalue weighted by atomic mass is 9.82. The molecule has 1 aliphatic heterocycles. The van der Waals surface area contributed by atoms with Crippen molar-refractivity contribution in [2.24, 2.45) is 0 Å². The second-order valence-corrected chi connectivity index (χ2v) is 6.33. The minimum absolute atomic E-state index is 0.0260. The summed E-state index contributed by atoms with van der Waals surface area (Å²) in [7, 11) is 0. The molecule has 0 radical (unpaired) electrons. The lowest BCUT2D eigenvalue weighted by Gasteiger charge is -2.49. The van der Waals surface area contributed by atoms with Gasteiger partial charge in [-0.3, -0.25) is 9.59 Å². The maximum Gasteiger partial charge on any atom is 0.251 e. The highest BCUT2D eigenvalue weighted by molar-refractivity contribution is 6.02. The van der Waals surface area contributed by atoms with Gasteiger partial charge in [0.25, 0.3) is 5.91 Å². The van der Waals surface area contributed by atoms with Crippen LogP contribution < -0.4 is 5.32 Å². The summed E-state index contributed by atoms with van der Waals surface area (Å²) in [5.74, 6) is -0.142. The number of hydrogen-bond acceptors (Lipinski definition) is 2. The first-order valence-corrected chi connectivity index (χ1v) is 7.54. The Bertz CT molecular complexity index is 539. The van der Waals surface area contributed by atoms with E-state index in [4.69, 9.17) is 0 Å². The molecule has 0 bridgehead atoms. The van der Waals surface area contributed by atoms with Crippen molar-refractivity contribution in [3.05, 3.63) is 35.9 Å². The van der Waals surface area contributed by atoms with E-state index in [2.05, 4.69) is 12.2 Å². The Hall–Kier alpha value is -1.84. The number of piperazine rings is 1. The SMILES string of the molecule is CCCCN1C(=O)C(C)(C)NC(=O)C1(C)c1ccccc1. The molecule has 114 valence electrons. The second-order valence-electron chi connectivity index (χ2n) is 6.33. The van der Waals surface area contributed by atoms with Crippen molar-refractivity contribution in [2.75, 3.05) is 6.54 Å². The zero-order valence-electron chi connectivity index (χ0n) is 13.3. The summed E-state index contributed by atoms with van der Waals surface area (Å²) >= 11 is 0. The van der Waals surface area contributed by atoms with Gasteiger partial charge in [0.2, 0.25) is 5.91 Å². The first-order valence-electron chi connectivity index (χ1n) is 7.54. The highest BCUT2D eigenvalue weighted by Crippen LogP contribution is 2.35. The van der Waals surface area contributed by atoms with Crippen LogP contribution in [0.15, 0.2) is 30.3 Å². The third-order valence-corrected chi connectivity index (χ3v) is 4.26. The lowest BCUT2D eigenvalue weighted by molar-refractivity contribution is -0.161. The zero-order chi connectivity index (χ0) is 15.7. The van der Waals surface area contributed by atoms with Crippen LogP contribution >= 0.6 is 0 Å². The molecule has 2 rings (SSSR count). The van der Waals surface area contributed by atoms with E-state index in [9.17, 15) is 9.59 Å². The number of carbonyl (C=O) groups is 2. The zero-order valence-corrected chi connectivity index (χ0v) is 13.3. The Kier molecular flexibility index (Phi) is 4.08. The summed E-state index contributed by atoms with van der Waals surface area (Å²) in [5.41, 5.74) is -0.940. The Balaban J connectivity index is 2.49. The van der Waals surface area contributed by atoms with Crippen molar-refractivity contribution in [1.82, 2.24) is 10.2 Å². The van der Waals surface area contributed by atoms with E-state index in [0.717, 1.165) is 18.4 Å². The number of hydrogen-bond donors (Lipinski definition) is 1. The van der Waals surface area contributed by atoms with Gasteiger partial charge in [-0.25, -0.2) is 0 Å². The van der Waals surface area contributed by atoms with Crippen molar-refractivity contribution >= 4 is 11.8 Å². The third-order valence-electron chi connectivity index (χ3n) is 4.26. The number of benzene rings is 1. The molecule has 1 N–H and O–H groups in total. The number of rotatable bonds is 4. The molecular formula is C17H24N2O2. The summed E-state index contributed by atoms with van der Waals surface area (Å²) in [6.07, 6.45) is 1.87. The highest BCUT2D eigenvalue weighted by Gasteiger charge is 2.53. The van der Waals surface area contributed by atoms with Crippen LogP contribution in [0.4, 0.5) is 0 Å². The molecule has 1 fully saturated rings. The minimum Gasteiger partial charge on any atom is -0.340 e. The molecule has 21 heavy (non-hydrogen) atoms. The van der Waals surface area contributed by atoms with Crippen LogP contribution in [0.5, 0.6) is 0 Å². The molecule has 0 spiro atoms. The van der Waals surface area contributed by atoms with E-state index in [1.807, 2.05) is 37.3 Å². The van der Waals surface area contributed by atoms with Gasteiger partial charge in [-0.05, 0) is 32.8 Å². The van der Waals surface area contributed by atoms with Gasteiger partial charge in [0.15, 0.2) is 0 Å². The molecule has 4 nitrogen and oxygen atoms in total. The molecule has 1 aromatic rings. The lowest BCUT2D eigenvalue weighted by Crippen LogP contribution is -2.71. The summed E-state index contributed by atoms with van der Waals surface area (Å²) in [5, 5.41) is 2.87. The maximum atomic E-state index is 12.8. The smallest absolute Gasteiger partial charge is 0.251 e. The van der Waals surface area contributed by atoms with Gasteiger partial charge in [0.1, 0.15) is 11.1 Å². The Morgan fingerprint density at radius 1 is 1.10 bits per heavy atom. The topological polar surface area (TPSA) is 49.4 Å². The van der Waals surface area contributed by atoms with E-state index in [-0.39, 0.29) is 11.8 Å². The van der Waals surface area contributed by atoms with Crippen molar-refractivity contribution < 1.29 is 9.59 Å². The van der Waals surface area contributed by atoms with Crippen LogP contribution in [0.25, 0.3) is 0 Å². The van der Waals surface area contributed by atoms with Gasteiger partial charge in [0, 0.05) is 6.54 Å². The summed E-state index contributed by atoms with van der Waals surface area (Å²) in [6.45, 7) is 8.03. The van der Waals surface area contributed by atoms with Gasteiger partial charge in [-0.1, -0.05) is 43.7 Å². The van der Waals surface area contributed by atoms with Gasteiger partial charge in [-0.15, -0.1) is 0 Å². The third kappa shape index (κ3) is 2.55. The summed E-state index contributed by atoms with van der Waals surface area (Å²) in [6, 6.07) is 9.52. The maximum absolute atomic E-state index is 12.8. The first-order chi connectivity index (χ1) is 9.84. The molecule has 1 atom stereocenters.